The van der Waals surface area contributed by atoms with Gasteiger partial charge in [0.25, 0.3) is 0 Å². The summed E-state index contributed by atoms with van der Waals surface area (Å²) >= 11 is 0. The molecule has 0 amide bonds. The monoisotopic (exact) mass is 287 g/mol. The van der Waals surface area contributed by atoms with Crippen LogP contribution in [0.1, 0.15) is 29.6 Å². The fourth-order valence-electron chi connectivity index (χ4n) is 1.73. The maximum absolute atomic E-state index is 13.6. The zero-order valence-corrected chi connectivity index (χ0v) is 10.9. The van der Waals surface area contributed by atoms with Gasteiger partial charge in [-0.2, -0.15) is 0 Å². The van der Waals surface area contributed by atoms with E-state index in [1.54, 1.807) is 0 Å². The third-order valence-corrected chi connectivity index (χ3v) is 4.50. The largest absolute Gasteiger partial charge is 0.478 e. The van der Waals surface area contributed by atoms with E-state index in [0.29, 0.717) is 12.0 Å². The molecule has 2 N–H and O–H groups in total. The van der Waals surface area contributed by atoms with Gasteiger partial charge in [-0.25, -0.2) is 22.3 Å². The van der Waals surface area contributed by atoms with Gasteiger partial charge < -0.3 is 5.11 Å². The van der Waals surface area contributed by atoms with Gasteiger partial charge >= 0.3 is 5.97 Å². The fraction of sp³-hybridized carbons (Fsp3) is 0.417. The van der Waals surface area contributed by atoms with Crippen LogP contribution >= 0.6 is 0 Å². The van der Waals surface area contributed by atoms with E-state index in [9.17, 15) is 17.6 Å². The number of halogens is 1. The number of aromatic carboxylic acids is 1. The Bertz CT molecular complexity index is 596. The first-order chi connectivity index (χ1) is 8.90. The number of hydrogen-bond acceptors (Lipinski definition) is 3. The molecule has 1 aliphatic rings. The third-order valence-electron chi connectivity index (χ3n) is 3.01. The van der Waals surface area contributed by atoms with E-state index >= 15 is 0 Å². The first-order valence-corrected chi connectivity index (χ1v) is 7.41. The Balaban J connectivity index is 2.12. The third kappa shape index (κ3) is 3.51. The van der Waals surface area contributed by atoms with Crippen molar-refractivity contribution >= 4 is 16.0 Å². The Morgan fingerprint density at radius 2 is 2.11 bits per heavy atom. The standard InChI is InChI=1S/C12H14FNO4S/c13-10-7-9(12(15)16)3-4-11(10)19(17,18)14-6-5-8-1-2-8/h3-4,7-8,14H,1-2,5-6H2,(H,15,16). The number of benzene rings is 1. The molecule has 0 bridgehead atoms. The van der Waals surface area contributed by atoms with E-state index in [4.69, 9.17) is 5.11 Å². The molecule has 19 heavy (non-hydrogen) atoms. The fourth-order valence-corrected chi connectivity index (χ4v) is 2.84. The summed E-state index contributed by atoms with van der Waals surface area (Å²) in [6, 6.07) is 2.75. The lowest BCUT2D eigenvalue weighted by Gasteiger charge is -2.07. The minimum atomic E-state index is -3.92. The molecule has 0 unspecified atom stereocenters. The molecule has 0 saturated heterocycles. The number of hydrogen-bond donors (Lipinski definition) is 2. The van der Waals surface area contributed by atoms with E-state index in [2.05, 4.69) is 4.72 Å². The molecule has 1 aliphatic carbocycles. The van der Waals surface area contributed by atoms with Crippen LogP contribution in [0.4, 0.5) is 4.39 Å². The molecule has 1 fully saturated rings. The summed E-state index contributed by atoms with van der Waals surface area (Å²) in [5.74, 6) is -1.79. The smallest absolute Gasteiger partial charge is 0.335 e. The predicted octanol–water partition coefficient (Wildman–Crippen LogP) is 1.60. The van der Waals surface area contributed by atoms with Gasteiger partial charge in [-0.05, 0) is 30.5 Å². The predicted molar refractivity (Wildman–Crippen MR) is 65.9 cm³/mol. The highest BCUT2D eigenvalue weighted by Gasteiger charge is 2.23. The minimum absolute atomic E-state index is 0.271. The van der Waals surface area contributed by atoms with Gasteiger partial charge in [0, 0.05) is 6.54 Å². The summed E-state index contributed by atoms with van der Waals surface area (Å²) < 4.78 is 39.6. The molecule has 0 atom stereocenters. The Morgan fingerprint density at radius 3 is 2.63 bits per heavy atom. The molecule has 0 spiro atoms. The van der Waals surface area contributed by atoms with E-state index in [1.165, 1.54) is 0 Å². The van der Waals surface area contributed by atoms with Gasteiger partial charge in [-0.3, -0.25) is 0 Å². The SMILES string of the molecule is O=C(O)c1ccc(S(=O)(=O)NCCC2CC2)c(F)c1. The number of sulfonamides is 1. The number of carbonyl (C=O) groups is 1. The van der Waals surface area contributed by atoms with Gasteiger partial charge in [0.2, 0.25) is 10.0 Å². The zero-order valence-electron chi connectivity index (χ0n) is 10.1. The van der Waals surface area contributed by atoms with Crippen LogP contribution in [0.15, 0.2) is 23.1 Å². The highest BCUT2D eigenvalue weighted by atomic mass is 32.2. The maximum Gasteiger partial charge on any atom is 0.335 e. The Kier molecular flexibility index (Phi) is 3.86. The molecule has 5 nitrogen and oxygen atoms in total. The van der Waals surface area contributed by atoms with Crippen molar-refractivity contribution in [2.75, 3.05) is 6.54 Å². The van der Waals surface area contributed by atoms with Gasteiger partial charge in [-0.1, -0.05) is 12.8 Å². The van der Waals surface area contributed by atoms with Crippen molar-refractivity contribution in [3.8, 4) is 0 Å². The molecule has 0 heterocycles. The van der Waals surface area contributed by atoms with E-state index in [0.717, 1.165) is 31.4 Å². The molecule has 104 valence electrons. The molecule has 0 aromatic heterocycles. The number of carboxylic acids is 1. The molecule has 1 aromatic carbocycles. The number of nitrogens with one attached hydrogen (secondary N) is 1. The summed E-state index contributed by atoms with van der Waals surface area (Å²) in [7, 11) is -3.92. The molecule has 0 radical (unpaired) electrons. The van der Waals surface area contributed by atoms with Gasteiger partial charge in [0.1, 0.15) is 10.7 Å². The Morgan fingerprint density at radius 1 is 1.42 bits per heavy atom. The van der Waals surface area contributed by atoms with Crippen LogP contribution in [0.25, 0.3) is 0 Å². The van der Waals surface area contributed by atoms with Crippen LogP contribution in [0.5, 0.6) is 0 Å². The number of carboxylic acid groups (broad SMARTS) is 1. The Labute approximate surface area is 110 Å². The van der Waals surface area contributed by atoms with Crippen LogP contribution < -0.4 is 4.72 Å². The normalized spacial score (nSPS) is 15.4. The molecular weight excluding hydrogens is 273 g/mol. The van der Waals surface area contributed by atoms with E-state index in [-0.39, 0.29) is 12.1 Å². The van der Waals surface area contributed by atoms with Crippen LogP contribution in [0.3, 0.4) is 0 Å². The van der Waals surface area contributed by atoms with Crippen molar-refractivity contribution in [2.24, 2.45) is 5.92 Å². The lowest BCUT2D eigenvalue weighted by Crippen LogP contribution is -2.26. The van der Waals surface area contributed by atoms with Crippen molar-refractivity contribution < 1.29 is 22.7 Å². The molecular formula is C12H14FNO4S. The second kappa shape index (κ2) is 5.26. The van der Waals surface area contributed by atoms with Crippen LogP contribution in [0.2, 0.25) is 0 Å². The van der Waals surface area contributed by atoms with Crippen molar-refractivity contribution in [3.05, 3.63) is 29.6 Å². The average Bonchev–Trinajstić information content (AvgIpc) is 3.12. The minimum Gasteiger partial charge on any atom is -0.478 e. The average molecular weight is 287 g/mol. The van der Waals surface area contributed by atoms with E-state index in [1.807, 2.05) is 0 Å². The van der Waals surface area contributed by atoms with Crippen molar-refractivity contribution in [3.63, 3.8) is 0 Å². The van der Waals surface area contributed by atoms with E-state index < -0.39 is 26.7 Å². The molecule has 0 aliphatic heterocycles. The number of rotatable bonds is 6. The lowest BCUT2D eigenvalue weighted by molar-refractivity contribution is 0.0696. The highest BCUT2D eigenvalue weighted by Crippen LogP contribution is 2.31. The summed E-state index contributed by atoms with van der Waals surface area (Å²) in [6.07, 6.45) is 2.97. The van der Waals surface area contributed by atoms with Gasteiger partial charge in [0.05, 0.1) is 5.56 Å². The maximum atomic E-state index is 13.6. The summed E-state index contributed by atoms with van der Waals surface area (Å²) in [6.45, 7) is 0.271. The second-order valence-electron chi connectivity index (χ2n) is 4.58. The molecule has 1 saturated carbocycles. The van der Waals surface area contributed by atoms with Crippen molar-refractivity contribution in [2.45, 2.75) is 24.2 Å². The first-order valence-electron chi connectivity index (χ1n) is 5.92. The van der Waals surface area contributed by atoms with Crippen molar-refractivity contribution in [1.82, 2.24) is 4.72 Å². The van der Waals surface area contributed by atoms with Crippen LogP contribution in [-0.4, -0.2) is 26.0 Å². The van der Waals surface area contributed by atoms with Crippen LogP contribution in [-0.2, 0) is 10.0 Å². The highest BCUT2D eigenvalue weighted by molar-refractivity contribution is 7.89. The van der Waals surface area contributed by atoms with Crippen molar-refractivity contribution in [1.29, 1.82) is 0 Å². The summed E-state index contributed by atoms with van der Waals surface area (Å²) in [5, 5.41) is 8.68. The zero-order chi connectivity index (χ0) is 14.0. The summed E-state index contributed by atoms with van der Waals surface area (Å²) in [4.78, 5) is 10.1. The quantitative estimate of drug-likeness (QED) is 0.832. The van der Waals surface area contributed by atoms with Gasteiger partial charge in [0.15, 0.2) is 0 Å². The topological polar surface area (TPSA) is 83.5 Å². The second-order valence-corrected chi connectivity index (χ2v) is 6.32. The molecule has 1 aromatic rings. The summed E-state index contributed by atoms with van der Waals surface area (Å²) in [5.41, 5.74) is -0.283. The van der Waals surface area contributed by atoms with Gasteiger partial charge in [-0.15, -0.1) is 0 Å². The molecule has 7 heteroatoms. The molecule has 2 rings (SSSR count). The Hall–Kier alpha value is -1.47. The van der Waals surface area contributed by atoms with Crippen LogP contribution in [0, 0.1) is 11.7 Å². The lowest BCUT2D eigenvalue weighted by atomic mass is 10.2. The first kappa shape index (κ1) is 14.0.